The van der Waals surface area contributed by atoms with Gasteiger partial charge in [0.2, 0.25) is 0 Å². The quantitative estimate of drug-likeness (QED) is 0.739. The second-order valence-electron chi connectivity index (χ2n) is 5.12. The number of ether oxygens (including phenoxy) is 1. The topological polar surface area (TPSA) is 61.9 Å². The Morgan fingerprint density at radius 2 is 1.96 bits per heavy atom. The number of halogens is 1. The molecule has 0 aliphatic carbocycles. The zero-order chi connectivity index (χ0) is 16.4. The van der Waals surface area contributed by atoms with Gasteiger partial charge in [0.05, 0.1) is 5.69 Å². The third-order valence-corrected chi connectivity index (χ3v) is 3.47. The third kappa shape index (κ3) is 2.98. The summed E-state index contributed by atoms with van der Waals surface area (Å²) < 4.78 is 21.4. The summed E-state index contributed by atoms with van der Waals surface area (Å²) >= 11 is 0. The number of aryl methyl sites for hydroxylation is 2. The van der Waals surface area contributed by atoms with Crippen molar-refractivity contribution in [3.63, 3.8) is 0 Å². The van der Waals surface area contributed by atoms with Gasteiger partial charge in [-0.1, -0.05) is 24.3 Å². The highest BCUT2D eigenvalue weighted by atomic mass is 19.1. The first kappa shape index (κ1) is 15.0. The first-order valence-electron chi connectivity index (χ1n) is 7.02. The Bertz CT molecular complexity index is 901. The van der Waals surface area contributed by atoms with E-state index < -0.39 is 0 Å². The molecule has 0 fully saturated rings. The van der Waals surface area contributed by atoms with Crippen molar-refractivity contribution in [2.75, 3.05) is 0 Å². The SMILES string of the molecule is Cc1ccc(F)cc1OCc1ccccc1-n1nnn(C)c1=O. The molecule has 0 saturated heterocycles. The van der Waals surface area contributed by atoms with Crippen LogP contribution in [0.25, 0.3) is 5.69 Å². The Morgan fingerprint density at radius 1 is 1.17 bits per heavy atom. The van der Waals surface area contributed by atoms with Crippen LogP contribution in [0.4, 0.5) is 4.39 Å². The van der Waals surface area contributed by atoms with Gasteiger partial charge in [0.1, 0.15) is 18.2 Å². The molecule has 6 nitrogen and oxygen atoms in total. The number of hydrogen-bond donors (Lipinski definition) is 0. The van der Waals surface area contributed by atoms with Gasteiger partial charge in [-0.2, -0.15) is 9.36 Å². The van der Waals surface area contributed by atoms with Crippen molar-refractivity contribution in [3.05, 3.63) is 69.9 Å². The van der Waals surface area contributed by atoms with Gasteiger partial charge in [0.25, 0.3) is 0 Å². The normalized spacial score (nSPS) is 10.7. The van der Waals surface area contributed by atoms with Crippen LogP contribution < -0.4 is 10.4 Å². The van der Waals surface area contributed by atoms with E-state index in [1.165, 1.54) is 23.9 Å². The number of aromatic nitrogens is 4. The molecule has 0 aliphatic rings. The summed E-state index contributed by atoms with van der Waals surface area (Å²) in [7, 11) is 1.53. The average Bonchev–Trinajstić information content (AvgIpc) is 2.88. The maximum absolute atomic E-state index is 13.3. The van der Waals surface area contributed by atoms with E-state index in [0.717, 1.165) is 15.8 Å². The third-order valence-electron chi connectivity index (χ3n) is 3.47. The number of hydrogen-bond acceptors (Lipinski definition) is 4. The minimum absolute atomic E-state index is 0.184. The maximum atomic E-state index is 13.3. The molecule has 0 spiro atoms. The molecule has 0 aliphatic heterocycles. The average molecular weight is 314 g/mol. The molecule has 118 valence electrons. The summed E-state index contributed by atoms with van der Waals surface area (Å²) in [6.45, 7) is 2.03. The molecule has 0 bridgehead atoms. The van der Waals surface area contributed by atoms with Crippen LogP contribution in [0.3, 0.4) is 0 Å². The highest BCUT2D eigenvalue weighted by Gasteiger charge is 2.11. The minimum Gasteiger partial charge on any atom is -0.488 e. The molecular formula is C16H15FN4O2. The van der Waals surface area contributed by atoms with Crippen molar-refractivity contribution in [1.29, 1.82) is 0 Å². The van der Waals surface area contributed by atoms with Crippen LogP contribution in [0.15, 0.2) is 47.3 Å². The Hall–Kier alpha value is -2.96. The van der Waals surface area contributed by atoms with Crippen molar-refractivity contribution < 1.29 is 9.13 Å². The molecular weight excluding hydrogens is 299 g/mol. The van der Waals surface area contributed by atoms with Gasteiger partial charge in [-0.05, 0) is 35.0 Å². The van der Waals surface area contributed by atoms with E-state index in [1.54, 1.807) is 18.2 Å². The summed E-state index contributed by atoms with van der Waals surface area (Å²) in [4.78, 5) is 12.0. The summed E-state index contributed by atoms with van der Waals surface area (Å²) in [6, 6.07) is 11.6. The van der Waals surface area contributed by atoms with Crippen LogP contribution in [0.2, 0.25) is 0 Å². The van der Waals surface area contributed by atoms with E-state index >= 15 is 0 Å². The second-order valence-corrected chi connectivity index (χ2v) is 5.12. The number of tetrazole rings is 1. The van der Waals surface area contributed by atoms with Crippen molar-refractivity contribution in [2.24, 2.45) is 7.05 Å². The molecule has 0 atom stereocenters. The molecule has 23 heavy (non-hydrogen) atoms. The molecule has 1 aromatic heterocycles. The molecule has 7 heteroatoms. The Labute approximate surface area is 131 Å². The lowest BCUT2D eigenvalue weighted by molar-refractivity contribution is 0.302. The van der Waals surface area contributed by atoms with Gasteiger partial charge in [-0.25, -0.2) is 9.18 Å². The molecule has 0 amide bonds. The van der Waals surface area contributed by atoms with Gasteiger partial charge < -0.3 is 4.74 Å². The Morgan fingerprint density at radius 3 is 2.70 bits per heavy atom. The molecule has 0 saturated carbocycles. The summed E-state index contributed by atoms with van der Waals surface area (Å²) in [5, 5.41) is 7.54. The molecule has 1 heterocycles. The van der Waals surface area contributed by atoms with E-state index in [9.17, 15) is 9.18 Å². The zero-order valence-electron chi connectivity index (χ0n) is 12.7. The van der Waals surface area contributed by atoms with Crippen LogP contribution >= 0.6 is 0 Å². The fraction of sp³-hybridized carbons (Fsp3) is 0.188. The molecule has 0 unspecified atom stereocenters. The molecule has 0 N–H and O–H groups in total. The first-order valence-corrected chi connectivity index (χ1v) is 7.02. The van der Waals surface area contributed by atoms with E-state index in [1.807, 2.05) is 19.1 Å². The Balaban J connectivity index is 1.91. The summed E-state index contributed by atoms with van der Waals surface area (Å²) in [6.07, 6.45) is 0. The lowest BCUT2D eigenvalue weighted by Gasteiger charge is -2.11. The van der Waals surface area contributed by atoms with Gasteiger partial charge in [0, 0.05) is 18.7 Å². The molecule has 2 aromatic carbocycles. The summed E-state index contributed by atoms with van der Waals surface area (Å²) in [5.74, 6) is 0.107. The van der Waals surface area contributed by atoms with Crippen molar-refractivity contribution in [1.82, 2.24) is 19.8 Å². The van der Waals surface area contributed by atoms with Crippen molar-refractivity contribution >= 4 is 0 Å². The van der Waals surface area contributed by atoms with E-state index in [4.69, 9.17) is 4.74 Å². The first-order chi connectivity index (χ1) is 11.1. The highest BCUT2D eigenvalue weighted by Crippen LogP contribution is 2.21. The zero-order valence-corrected chi connectivity index (χ0v) is 12.7. The smallest absolute Gasteiger partial charge is 0.368 e. The van der Waals surface area contributed by atoms with Crippen LogP contribution in [0.5, 0.6) is 5.75 Å². The van der Waals surface area contributed by atoms with E-state index in [-0.39, 0.29) is 18.1 Å². The van der Waals surface area contributed by atoms with Crippen molar-refractivity contribution in [2.45, 2.75) is 13.5 Å². The monoisotopic (exact) mass is 314 g/mol. The number of para-hydroxylation sites is 1. The number of nitrogens with zero attached hydrogens (tertiary/aromatic N) is 4. The molecule has 3 aromatic rings. The minimum atomic E-state index is -0.357. The van der Waals surface area contributed by atoms with Gasteiger partial charge >= 0.3 is 5.69 Å². The largest absolute Gasteiger partial charge is 0.488 e. The second kappa shape index (κ2) is 6.04. The molecule has 3 rings (SSSR count). The lowest BCUT2D eigenvalue weighted by atomic mass is 10.2. The lowest BCUT2D eigenvalue weighted by Crippen LogP contribution is -2.23. The van der Waals surface area contributed by atoms with Gasteiger partial charge in [0.15, 0.2) is 0 Å². The number of benzene rings is 2. The van der Waals surface area contributed by atoms with E-state index in [2.05, 4.69) is 10.4 Å². The fourth-order valence-corrected chi connectivity index (χ4v) is 2.19. The predicted octanol–water partition coefficient (Wildman–Crippen LogP) is 1.99. The molecule has 0 radical (unpaired) electrons. The van der Waals surface area contributed by atoms with Gasteiger partial charge in [-0.3, -0.25) is 0 Å². The fourth-order valence-electron chi connectivity index (χ4n) is 2.19. The number of rotatable bonds is 4. The standard InChI is InChI=1S/C16H15FN4O2/c1-11-7-8-13(17)9-15(11)23-10-12-5-3-4-6-14(12)21-16(22)20(2)18-19-21/h3-9H,10H2,1-2H3. The predicted molar refractivity (Wildman–Crippen MR) is 82.1 cm³/mol. The van der Waals surface area contributed by atoms with Crippen LogP contribution in [-0.4, -0.2) is 19.8 Å². The van der Waals surface area contributed by atoms with Gasteiger partial charge in [-0.15, -0.1) is 0 Å². The van der Waals surface area contributed by atoms with Crippen LogP contribution in [0.1, 0.15) is 11.1 Å². The highest BCUT2D eigenvalue weighted by molar-refractivity contribution is 5.40. The summed E-state index contributed by atoms with van der Waals surface area (Å²) in [5.41, 5.74) is 1.82. The van der Waals surface area contributed by atoms with Crippen molar-refractivity contribution in [3.8, 4) is 11.4 Å². The van der Waals surface area contributed by atoms with Crippen LogP contribution in [-0.2, 0) is 13.7 Å². The maximum Gasteiger partial charge on any atom is 0.368 e. The Kier molecular flexibility index (Phi) is 3.92. The van der Waals surface area contributed by atoms with Crippen LogP contribution in [0, 0.1) is 12.7 Å². The van der Waals surface area contributed by atoms with E-state index in [0.29, 0.717) is 11.4 Å².